The Bertz CT molecular complexity index is 488. The maximum atomic E-state index is 5.70. The third-order valence-corrected chi connectivity index (χ3v) is 4.19. The van der Waals surface area contributed by atoms with Crippen molar-refractivity contribution in [1.82, 2.24) is 10.6 Å². The minimum Gasteiger partial charge on any atom is -0.381 e. The topological polar surface area (TPSA) is 54.9 Å². The van der Waals surface area contributed by atoms with E-state index in [1.807, 2.05) is 0 Å². The predicted molar refractivity (Wildman–Crippen MR) is 114 cm³/mol. The molecule has 1 saturated heterocycles. The summed E-state index contributed by atoms with van der Waals surface area (Å²) in [5, 5.41) is 6.68. The second kappa shape index (κ2) is 13.4. The van der Waals surface area contributed by atoms with Crippen molar-refractivity contribution in [2.24, 2.45) is 10.9 Å². The lowest BCUT2D eigenvalue weighted by Crippen LogP contribution is -2.39. The largest absolute Gasteiger partial charge is 0.381 e. The van der Waals surface area contributed by atoms with Crippen LogP contribution in [0.15, 0.2) is 29.3 Å². The van der Waals surface area contributed by atoms with Gasteiger partial charge in [0.15, 0.2) is 5.96 Å². The van der Waals surface area contributed by atoms with Crippen LogP contribution in [0.2, 0.25) is 0 Å². The van der Waals surface area contributed by atoms with Crippen molar-refractivity contribution in [2.75, 3.05) is 46.6 Å². The molecule has 0 aromatic heterocycles. The van der Waals surface area contributed by atoms with Gasteiger partial charge < -0.3 is 20.1 Å². The third kappa shape index (κ3) is 9.42. The molecule has 5 nitrogen and oxygen atoms in total. The van der Waals surface area contributed by atoms with Crippen molar-refractivity contribution in [3.8, 4) is 0 Å². The molecular formula is C19H32IN3O2. The molecule has 1 aromatic rings. The van der Waals surface area contributed by atoms with Gasteiger partial charge in [-0.25, -0.2) is 0 Å². The monoisotopic (exact) mass is 461 g/mol. The minimum absolute atomic E-state index is 0. The molecule has 0 radical (unpaired) electrons. The van der Waals surface area contributed by atoms with Crippen molar-refractivity contribution in [1.29, 1.82) is 0 Å². The Hall–Kier alpha value is -0.860. The molecule has 0 bridgehead atoms. The van der Waals surface area contributed by atoms with Crippen molar-refractivity contribution in [3.63, 3.8) is 0 Å². The Morgan fingerprint density at radius 2 is 2.00 bits per heavy atom. The van der Waals surface area contributed by atoms with Gasteiger partial charge in [0.2, 0.25) is 0 Å². The van der Waals surface area contributed by atoms with E-state index in [9.17, 15) is 0 Å². The van der Waals surface area contributed by atoms with Crippen LogP contribution < -0.4 is 10.6 Å². The molecule has 1 aromatic carbocycles. The third-order valence-electron chi connectivity index (χ3n) is 4.19. The van der Waals surface area contributed by atoms with Gasteiger partial charge in [0, 0.05) is 39.3 Å². The van der Waals surface area contributed by atoms with Crippen LogP contribution in [-0.4, -0.2) is 52.5 Å². The SMILES string of the molecule is CN=C(NCCCOCC1CCOC1)NCCc1ccc(C)cc1.I. The fourth-order valence-electron chi connectivity index (χ4n) is 2.65. The standard InChI is InChI=1S/C19H31N3O2.HI/c1-16-4-6-17(7-5-16)8-11-22-19(20-2)21-10-3-12-23-14-18-9-13-24-15-18;/h4-7,18H,3,8-15H2,1-2H3,(H2,20,21,22);1H. The van der Waals surface area contributed by atoms with Crippen molar-refractivity contribution in [3.05, 3.63) is 35.4 Å². The zero-order valence-corrected chi connectivity index (χ0v) is 17.8. The number of hydrogen-bond acceptors (Lipinski definition) is 3. The predicted octanol–water partition coefficient (Wildman–Crippen LogP) is 2.76. The summed E-state index contributed by atoms with van der Waals surface area (Å²) < 4.78 is 11.0. The first kappa shape index (κ1) is 22.2. The van der Waals surface area contributed by atoms with E-state index < -0.39 is 0 Å². The van der Waals surface area contributed by atoms with Gasteiger partial charge in [0.05, 0.1) is 13.2 Å². The second-order valence-electron chi connectivity index (χ2n) is 6.32. The number of aliphatic imine (C=N–C) groups is 1. The molecule has 0 amide bonds. The molecule has 0 saturated carbocycles. The van der Waals surface area contributed by atoms with Crippen LogP contribution in [0.5, 0.6) is 0 Å². The number of guanidine groups is 1. The highest BCUT2D eigenvalue weighted by molar-refractivity contribution is 14.0. The van der Waals surface area contributed by atoms with Crippen LogP contribution in [0.4, 0.5) is 0 Å². The molecule has 1 atom stereocenters. The highest BCUT2D eigenvalue weighted by Gasteiger charge is 2.15. The van der Waals surface area contributed by atoms with E-state index >= 15 is 0 Å². The van der Waals surface area contributed by atoms with Gasteiger partial charge in [-0.1, -0.05) is 29.8 Å². The minimum atomic E-state index is 0. The second-order valence-corrected chi connectivity index (χ2v) is 6.32. The summed E-state index contributed by atoms with van der Waals surface area (Å²) >= 11 is 0. The zero-order chi connectivity index (χ0) is 17.0. The van der Waals surface area contributed by atoms with E-state index in [4.69, 9.17) is 9.47 Å². The van der Waals surface area contributed by atoms with E-state index in [-0.39, 0.29) is 24.0 Å². The van der Waals surface area contributed by atoms with Crippen LogP contribution >= 0.6 is 24.0 Å². The molecule has 2 N–H and O–H groups in total. The number of benzene rings is 1. The van der Waals surface area contributed by atoms with Gasteiger partial charge in [0.25, 0.3) is 0 Å². The van der Waals surface area contributed by atoms with Gasteiger partial charge in [-0.15, -0.1) is 24.0 Å². The summed E-state index contributed by atoms with van der Waals surface area (Å²) in [5.74, 6) is 1.44. The first-order valence-electron chi connectivity index (χ1n) is 8.93. The molecule has 1 aliphatic heterocycles. The molecule has 1 aliphatic rings. The number of halogens is 1. The van der Waals surface area contributed by atoms with Crippen LogP contribution in [0.1, 0.15) is 24.0 Å². The number of hydrogen-bond donors (Lipinski definition) is 2. The maximum absolute atomic E-state index is 5.70. The van der Waals surface area contributed by atoms with Gasteiger partial charge in [0.1, 0.15) is 0 Å². The van der Waals surface area contributed by atoms with E-state index in [1.54, 1.807) is 7.05 Å². The van der Waals surface area contributed by atoms with E-state index in [1.165, 1.54) is 11.1 Å². The fraction of sp³-hybridized carbons (Fsp3) is 0.632. The number of rotatable bonds is 9. The summed E-state index contributed by atoms with van der Waals surface area (Å²) in [7, 11) is 1.80. The summed E-state index contributed by atoms with van der Waals surface area (Å²) in [4.78, 5) is 4.25. The smallest absolute Gasteiger partial charge is 0.190 e. The molecule has 142 valence electrons. The first-order valence-corrected chi connectivity index (χ1v) is 8.93. The molecule has 1 unspecified atom stereocenters. The number of ether oxygens (including phenoxy) is 2. The Balaban J connectivity index is 0.00000312. The molecule has 0 aliphatic carbocycles. The van der Waals surface area contributed by atoms with Crippen LogP contribution in [0.3, 0.4) is 0 Å². The molecule has 1 fully saturated rings. The van der Waals surface area contributed by atoms with Crippen LogP contribution in [-0.2, 0) is 15.9 Å². The van der Waals surface area contributed by atoms with Gasteiger partial charge >= 0.3 is 0 Å². The lowest BCUT2D eigenvalue weighted by atomic mass is 10.1. The van der Waals surface area contributed by atoms with E-state index in [0.717, 1.165) is 64.7 Å². The quantitative estimate of drug-likeness (QED) is 0.257. The van der Waals surface area contributed by atoms with E-state index in [2.05, 4.69) is 46.8 Å². The number of nitrogens with zero attached hydrogens (tertiary/aromatic N) is 1. The summed E-state index contributed by atoms with van der Waals surface area (Å²) in [6, 6.07) is 8.67. The Morgan fingerprint density at radius 3 is 2.68 bits per heavy atom. The van der Waals surface area contributed by atoms with Crippen LogP contribution in [0.25, 0.3) is 0 Å². The summed E-state index contributed by atoms with van der Waals surface area (Å²) in [6.45, 7) is 7.20. The molecule has 0 spiro atoms. The van der Waals surface area contributed by atoms with E-state index in [0.29, 0.717) is 5.92 Å². The molecule has 1 heterocycles. The maximum Gasteiger partial charge on any atom is 0.190 e. The lowest BCUT2D eigenvalue weighted by Gasteiger charge is -2.12. The highest BCUT2D eigenvalue weighted by Crippen LogP contribution is 2.12. The molecule has 25 heavy (non-hydrogen) atoms. The molecule has 2 rings (SSSR count). The summed E-state index contributed by atoms with van der Waals surface area (Å²) in [6.07, 6.45) is 3.11. The van der Waals surface area contributed by atoms with Gasteiger partial charge in [-0.05, 0) is 31.7 Å². The van der Waals surface area contributed by atoms with Crippen molar-refractivity contribution < 1.29 is 9.47 Å². The Morgan fingerprint density at radius 1 is 1.24 bits per heavy atom. The Labute approximate surface area is 169 Å². The first-order chi connectivity index (χ1) is 11.8. The van der Waals surface area contributed by atoms with Gasteiger partial charge in [-0.3, -0.25) is 4.99 Å². The lowest BCUT2D eigenvalue weighted by molar-refractivity contribution is 0.0888. The molecular weight excluding hydrogens is 429 g/mol. The normalized spacial score (nSPS) is 17.2. The number of aryl methyl sites for hydroxylation is 1. The average Bonchev–Trinajstić information content (AvgIpc) is 3.11. The van der Waals surface area contributed by atoms with Crippen molar-refractivity contribution >= 4 is 29.9 Å². The average molecular weight is 461 g/mol. The van der Waals surface area contributed by atoms with Gasteiger partial charge in [-0.2, -0.15) is 0 Å². The number of nitrogens with one attached hydrogen (secondary N) is 2. The summed E-state index contributed by atoms with van der Waals surface area (Å²) in [5.41, 5.74) is 2.64. The zero-order valence-electron chi connectivity index (χ0n) is 15.4. The molecule has 6 heteroatoms. The Kier molecular flexibility index (Phi) is 11.9. The fourth-order valence-corrected chi connectivity index (χ4v) is 2.65. The highest BCUT2D eigenvalue weighted by atomic mass is 127. The van der Waals surface area contributed by atoms with Crippen LogP contribution in [0, 0.1) is 12.8 Å². The van der Waals surface area contributed by atoms with Crippen molar-refractivity contribution in [2.45, 2.75) is 26.2 Å².